The number of aryl methyl sites for hydroxylation is 1. The Kier molecular flexibility index (Phi) is 6.29. The Bertz CT molecular complexity index is 592. The maximum Gasteiger partial charge on any atom is 0.0482 e. The lowest BCUT2D eigenvalue weighted by molar-refractivity contribution is 0.139. The summed E-state index contributed by atoms with van der Waals surface area (Å²) in [5.41, 5.74) is 8.97. The molecule has 0 heterocycles. The van der Waals surface area contributed by atoms with Crippen molar-refractivity contribution < 1.29 is 5.11 Å². The van der Waals surface area contributed by atoms with Crippen LogP contribution in [0.5, 0.6) is 0 Å². The summed E-state index contributed by atoms with van der Waals surface area (Å²) in [5.74, 6) is 1.59. The van der Waals surface area contributed by atoms with Gasteiger partial charge in [-0.1, -0.05) is 65.3 Å². The second-order valence-corrected chi connectivity index (χ2v) is 10.1. The molecule has 2 rings (SSSR count). The van der Waals surface area contributed by atoms with E-state index in [1.807, 2.05) is 0 Å². The highest BCUT2D eigenvalue weighted by molar-refractivity contribution is 6.31. The number of hydrogen-bond acceptors (Lipinski definition) is 2. The van der Waals surface area contributed by atoms with Gasteiger partial charge in [0.1, 0.15) is 0 Å². The van der Waals surface area contributed by atoms with Crippen molar-refractivity contribution >= 4 is 11.6 Å². The first-order valence-corrected chi connectivity index (χ1v) is 10.1. The number of aliphatic hydroxyl groups is 1. The van der Waals surface area contributed by atoms with Crippen LogP contribution in [0.25, 0.3) is 0 Å². The molecule has 0 spiro atoms. The van der Waals surface area contributed by atoms with E-state index < -0.39 is 5.54 Å². The highest BCUT2D eigenvalue weighted by Gasteiger charge is 2.50. The van der Waals surface area contributed by atoms with Crippen LogP contribution in [0, 0.1) is 29.1 Å². The minimum Gasteiger partial charge on any atom is -0.396 e. The average molecular weight is 366 g/mol. The molecule has 0 aliphatic heterocycles. The molecule has 1 aliphatic rings. The number of benzene rings is 1. The fourth-order valence-corrected chi connectivity index (χ4v) is 4.82. The summed E-state index contributed by atoms with van der Waals surface area (Å²) in [7, 11) is 0. The SMILES string of the molecule is CC(C)C1CC(N)(c2ccc(CCC(C)(C)C)c(Cl)c2)C(CO)C1C. The van der Waals surface area contributed by atoms with E-state index in [1.54, 1.807) is 0 Å². The zero-order valence-corrected chi connectivity index (χ0v) is 17.5. The van der Waals surface area contributed by atoms with Crippen LogP contribution >= 0.6 is 11.6 Å². The second kappa shape index (κ2) is 7.58. The summed E-state index contributed by atoms with van der Waals surface area (Å²) in [5, 5.41) is 10.8. The predicted octanol–water partition coefficient (Wildman–Crippen LogP) is 5.39. The van der Waals surface area contributed by atoms with E-state index in [-0.39, 0.29) is 12.5 Å². The molecular formula is C22H36ClNO. The standard InChI is InChI=1S/C22H36ClNO/c1-14(2)18-12-22(24,19(13-25)15(18)3)17-8-7-16(20(23)11-17)9-10-21(4,5)6/h7-8,11,14-15,18-19,25H,9-10,12-13,24H2,1-6H3. The lowest BCUT2D eigenvalue weighted by Gasteiger charge is -2.33. The highest BCUT2D eigenvalue weighted by atomic mass is 35.5. The summed E-state index contributed by atoms with van der Waals surface area (Å²) in [6.07, 6.45) is 2.99. The monoisotopic (exact) mass is 365 g/mol. The lowest BCUT2D eigenvalue weighted by atomic mass is 9.79. The minimum atomic E-state index is -0.491. The lowest BCUT2D eigenvalue weighted by Crippen LogP contribution is -2.43. The van der Waals surface area contributed by atoms with Crippen molar-refractivity contribution in [2.75, 3.05) is 6.61 Å². The molecule has 0 radical (unpaired) electrons. The van der Waals surface area contributed by atoms with Gasteiger partial charge in [-0.05, 0) is 59.6 Å². The Morgan fingerprint density at radius 3 is 2.44 bits per heavy atom. The molecule has 1 aliphatic carbocycles. The van der Waals surface area contributed by atoms with Gasteiger partial charge < -0.3 is 10.8 Å². The number of hydrogen-bond donors (Lipinski definition) is 2. The van der Waals surface area contributed by atoms with Crippen LogP contribution in [0.4, 0.5) is 0 Å². The van der Waals surface area contributed by atoms with Crippen LogP contribution in [-0.2, 0) is 12.0 Å². The van der Waals surface area contributed by atoms with Crippen molar-refractivity contribution in [1.29, 1.82) is 0 Å². The van der Waals surface area contributed by atoms with Crippen molar-refractivity contribution in [3.63, 3.8) is 0 Å². The summed E-state index contributed by atoms with van der Waals surface area (Å²) < 4.78 is 0. The molecule has 4 atom stereocenters. The fourth-order valence-electron chi connectivity index (χ4n) is 4.55. The van der Waals surface area contributed by atoms with Gasteiger partial charge in [-0.3, -0.25) is 0 Å². The number of aliphatic hydroxyl groups excluding tert-OH is 1. The maximum absolute atomic E-state index is 10.0. The van der Waals surface area contributed by atoms with Crippen LogP contribution in [0.3, 0.4) is 0 Å². The van der Waals surface area contributed by atoms with Gasteiger partial charge in [0.25, 0.3) is 0 Å². The van der Waals surface area contributed by atoms with Gasteiger partial charge in [-0.2, -0.15) is 0 Å². The van der Waals surface area contributed by atoms with Crippen LogP contribution in [-0.4, -0.2) is 11.7 Å². The largest absolute Gasteiger partial charge is 0.396 e. The molecule has 4 unspecified atom stereocenters. The third kappa shape index (κ3) is 4.40. The number of nitrogens with two attached hydrogens (primary N) is 1. The molecule has 1 saturated carbocycles. The Labute approximate surface area is 159 Å². The van der Waals surface area contributed by atoms with E-state index in [0.717, 1.165) is 29.8 Å². The van der Waals surface area contributed by atoms with Gasteiger partial charge in [0, 0.05) is 23.1 Å². The second-order valence-electron chi connectivity index (χ2n) is 9.67. The van der Waals surface area contributed by atoms with Gasteiger partial charge >= 0.3 is 0 Å². The van der Waals surface area contributed by atoms with Gasteiger partial charge in [0.15, 0.2) is 0 Å². The van der Waals surface area contributed by atoms with Crippen LogP contribution in [0.1, 0.15) is 65.5 Å². The van der Waals surface area contributed by atoms with Gasteiger partial charge in [0.2, 0.25) is 0 Å². The van der Waals surface area contributed by atoms with E-state index >= 15 is 0 Å². The summed E-state index contributed by atoms with van der Waals surface area (Å²) in [4.78, 5) is 0. The molecule has 0 saturated heterocycles. The summed E-state index contributed by atoms with van der Waals surface area (Å²) in [6.45, 7) is 13.6. The molecule has 0 aromatic heterocycles. The minimum absolute atomic E-state index is 0.0800. The van der Waals surface area contributed by atoms with Crippen LogP contribution in [0.2, 0.25) is 5.02 Å². The summed E-state index contributed by atoms with van der Waals surface area (Å²) >= 11 is 6.61. The Hall–Kier alpha value is -0.570. The van der Waals surface area contributed by atoms with Gasteiger partial charge in [-0.15, -0.1) is 0 Å². The smallest absolute Gasteiger partial charge is 0.0482 e. The fraction of sp³-hybridized carbons (Fsp3) is 0.727. The third-order valence-corrected chi connectivity index (χ3v) is 6.68. The number of rotatable bonds is 5. The first-order valence-electron chi connectivity index (χ1n) is 9.68. The number of halogens is 1. The van der Waals surface area contributed by atoms with Crippen molar-refractivity contribution in [3.8, 4) is 0 Å². The quantitative estimate of drug-likeness (QED) is 0.734. The van der Waals surface area contributed by atoms with Crippen LogP contribution in [0.15, 0.2) is 18.2 Å². The van der Waals surface area contributed by atoms with E-state index in [4.69, 9.17) is 17.3 Å². The van der Waals surface area contributed by atoms with Gasteiger partial charge in [0.05, 0.1) is 0 Å². The average Bonchev–Trinajstić information content (AvgIpc) is 2.77. The zero-order chi connectivity index (χ0) is 19.0. The molecule has 1 fully saturated rings. The predicted molar refractivity (Wildman–Crippen MR) is 108 cm³/mol. The van der Waals surface area contributed by atoms with E-state index in [2.05, 4.69) is 59.7 Å². The molecule has 3 heteroatoms. The van der Waals surface area contributed by atoms with Crippen molar-refractivity contribution in [1.82, 2.24) is 0 Å². The maximum atomic E-state index is 10.0. The van der Waals surface area contributed by atoms with Crippen molar-refractivity contribution in [2.24, 2.45) is 34.8 Å². The highest BCUT2D eigenvalue weighted by Crippen LogP contribution is 2.51. The molecule has 0 amide bonds. The molecule has 3 N–H and O–H groups in total. The molecule has 142 valence electrons. The molecule has 1 aromatic rings. The van der Waals surface area contributed by atoms with E-state index in [9.17, 15) is 5.11 Å². The molecule has 0 bridgehead atoms. The van der Waals surface area contributed by atoms with Crippen molar-refractivity contribution in [2.45, 2.75) is 66.3 Å². The molecule has 2 nitrogen and oxygen atoms in total. The summed E-state index contributed by atoms with van der Waals surface area (Å²) in [6, 6.07) is 6.33. The van der Waals surface area contributed by atoms with Gasteiger partial charge in [-0.25, -0.2) is 0 Å². The molecule has 25 heavy (non-hydrogen) atoms. The first-order chi connectivity index (χ1) is 11.5. The Balaban J connectivity index is 2.29. The Morgan fingerprint density at radius 1 is 1.32 bits per heavy atom. The normalized spacial score (nSPS) is 30.2. The Morgan fingerprint density at radius 2 is 1.96 bits per heavy atom. The zero-order valence-electron chi connectivity index (χ0n) is 16.8. The molecular weight excluding hydrogens is 330 g/mol. The van der Waals surface area contributed by atoms with E-state index in [1.165, 1.54) is 5.56 Å². The van der Waals surface area contributed by atoms with Crippen LogP contribution < -0.4 is 5.73 Å². The van der Waals surface area contributed by atoms with E-state index in [0.29, 0.717) is 23.2 Å². The van der Waals surface area contributed by atoms with Crippen molar-refractivity contribution in [3.05, 3.63) is 34.3 Å². The first kappa shape index (κ1) is 20.7. The third-order valence-electron chi connectivity index (χ3n) is 6.33. The topological polar surface area (TPSA) is 46.2 Å². The molecule has 1 aromatic carbocycles.